The number of H-pyrrole nitrogens is 1. The molecule has 0 atom stereocenters. The number of aryl methyl sites for hydroxylation is 1. The Kier molecular flexibility index (Phi) is 3.80. The number of nitrogens with zero attached hydrogens (tertiary/aromatic N) is 1. The highest BCUT2D eigenvalue weighted by molar-refractivity contribution is 5.98. The molecular weight excluding hydrogens is 264 g/mol. The van der Waals surface area contributed by atoms with E-state index in [1.807, 2.05) is 36.9 Å². The number of nitrogens with one attached hydrogen (secondary N) is 1. The van der Waals surface area contributed by atoms with E-state index in [9.17, 15) is 4.79 Å². The molecule has 21 heavy (non-hydrogen) atoms. The molecule has 4 nitrogen and oxygen atoms in total. The van der Waals surface area contributed by atoms with Gasteiger partial charge in [0.25, 0.3) is 5.91 Å². The summed E-state index contributed by atoms with van der Waals surface area (Å²) < 4.78 is 5.32. The van der Waals surface area contributed by atoms with Crippen LogP contribution < -0.4 is 0 Å². The van der Waals surface area contributed by atoms with Crippen LogP contribution in [0.3, 0.4) is 0 Å². The van der Waals surface area contributed by atoms with E-state index in [1.54, 1.807) is 0 Å². The predicted octanol–water partition coefficient (Wildman–Crippen LogP) is 2.77. The van der Waals surface area contributed by atoms with Crippen molar-refractivity contribution in [2.75, 3.05) is 26.3 Å². The van der Waals surface area contributed by atoms with Gasteiger partial charge in [-0.3, -0.25) is 4.79 Å². The summed E-state index contributed by atoms with van der Waals surface area (Å²) in [7, 11) is 0. The highest BCUT2D eigenvalue weighted by Crippen LogP contribution is 2.28. The second-order valence-electron chi connectivity index (χ2n) is 5.40. The molecule has 4 heteroatoms. The number of carbonyl (C=O) groups is 1. The van der Waals surface area contributed by atoms with Gasteiger partial charge in [-0.15, -0.1) is 0 Å². The summed E-state index contributed by atoms with van der Waals surface area (Å²) >= 11 is 0. The molecule has 0 radical (unpaired) electrons. The van der Waals surface area contributed by atoms with Crippen molar-refractivity contribution in [2.24, 2.45) is 0 Å². The molecule has 0 aliphatic carbocycles. The molecule has 0 saturated carbocycles. The number of ether oxygens (including phenoxy) is 1. The molecule has 110 valence electrons. The zero-order valence-electron chi connectivity index (χ0n) is 12.5. The van der Waals surface area contributed by atoms with Crippen LogP contribution in [0.15, 0.2) is 30.3 Å². The topological polar surface area (TPSA) is 45.3 Å². The molecule has 1 aliphatic heterocycles. The third-order valence-electron chi connectivity index (χ3n) is 4.01. The maximum Gasteiger partial charge on any atom is 0.256 e. The van der Waals surface area contributed by atoms with Crippen LogP contribution in [0.5, 0.6) is 0 Å². The first kappa shape index (κ1) is 13.9. The van der Waals surface area contributed by atoms with Gasteiger partial charge in [-0.1, -0.05) is 30.3 Å². The van der Waals surface area contributed by atoms with Gasteiger partial charge in [0.2, 0.25) is 0 Å². The lowest BCUT2D eigenvalue weighted by atomic mass is 10.0. The van der Waals surface area contributed by atoms with Gasteiger partial charge in [-0.25, -0.2) is 0 Å². The Hall–Kier alpha value is -2.07. The molecule has 3 rings (SSSR count). The van der Waals surface area contributed by atoms with E-state index in [2.05, 4.69) is 17.1 Å². The first-order valence-corrected chi connectivity index (χ1v) is 7.30. The van der Waals surface area contributed by atoms with Crippen molar-refractivity contribution in [3.8, 4) is 11.3 Å². The number of rotatable bonds is 2. The van der Waals surface area contributed by atoms with Gasteiger partial charge in [-0.05, 0) is 25.0 Å². The van der Waals surface area contributed by atoms with Crippen LogP contribution in [-0.4, -0.2) is 42.1 Å². The Balaban J connectivity index is 1.96. The minimum absolute atomic E-state index is 0.103. The number of carbonyl (C=O) groups excluding carboxylic acids is 1. The van der Waals surface area contributed by atoms with E-state index in [-0.39, 0.29) is 5.91 Å². The summed E-state index contributed by atoms with van der Waals surface area (Å²) in [4.78, 5) is 18.0. The lowest BCUT2D eigenvalue weighted by Crippen LogP contribution is -2.41. The van der Waals surface area contributed by atoms with E-state index in [0.29, 0.717) is 26.3 Å². The smallest absolute Gasteiger partial charge is 0.256 e. The summed E-state index contributed by atoms with van der Waals surface area (Å²) in [6.45, 7) is 6.57. The largest absolute Gasteiger partial charge is 0.378 e. The first-order valence-electron chi connectivity index (χ1n) is 7.30. The van der Waals surface area contributed by atoms with Gasteiger partial charge in [0.15, 0.2) is 0 Å². The maximum absolute atomic E-state index is 12.7. The fourth-order valence-corrected chi connectivity index (χ4v) is 2.89. The van der Waals surface area contributed by atoms with Crippen LogP contribution >= 0.6 is 0 Å². The van der Waals surface area contributed by atoms with Gasteiger partial charge in [0.1, 0.15) is 0 Å². The van der Waals surface area contributed by atoms with Crippen molar-refractivity contribution in [1.29, 1.82) is 0 Å². The fourth-order valence-electron chi connectivity index (χ4n) is 2.89. The third-order valence-corrected chi connectivity index (χ3v) is 4.01. The quantitative estimate of drug-likeness (QED) is 0.921. The predicted molar refractivity (Wildman–Crippen MR) is 82.4 cm³/mol. The molecular formula is C17H20N2O2. The molecule has 0 spiro atoms. The Bertz CT molecular complexity index is 640. The van der Waals surface area contributed by atoms with E-state index < -0.39 is 0 Å². The number of benzene rings is 1. The fraction of sp³-hybridized carbons (Fsp3) is 0.353. The molecule has 2 heterocycles. The standard InChI is InChI=1S/C17H20N2O2/c1-12-15(17(20)19-8-10-21-11-9-19)13(2)18-16(12)14-6-4-3-5-7-14/h3-7,18H,8-11H2,1-2H3. The Morgan fingerprint density at radius 1 is 1.14 bits per heavy atom. The van der Waals surface area contributed by atoms with Crippen molar-refractivity contribution in [3.05, 3.63) is 47.2 Å². The second-order valence-corrected chi connectivity index (χ2v) is 5.40. The zero-order valence-corrected chi connectivity index (χ0v) is 12.5. The normalized spacial score (nSPS) is 15.2. The minimum atomic E-state index is 0.103. The molecule has 1 saturated heterocycles. The van der Waals surface area contributed by atoms with Gasteiger partial charge in [0, 0.05) is 24.5 Å². The molecule has 0 bridgehead atoms. The summed E-state index contributed by atoms with van der Waals surface area (Å²) in [6.07, 6.45) is 0. The van der Waals surface area contributed by atoms with Gasteiger partial charge < -0.3 is 14.6 Å². The van der Waals surface area contributed by atoms with Crippen LogP contribution in [0, 0.1) is 13.8 Å². The van der Waals surface area contributed by atoms with E-state index in [4.69, 9.17) is 4.74 Å². The van der Waals surface area contributed by atoms with Crippen LogP contribution in [0.4, 0.5) is 0 Å². The highest BCUT2D eigenvalue weighted by Gasteiger charge is 2.24. The molecule has 0 unspecified atom stereocenters. The van der Waals surface area contributed by atoms with Gasteiger partial charge in [0.05, 0.1) is 18.8 Å². The lowest BCUT2D eigenvalue weighted by Gasteiger charge is -2.27. The summed E-state index contributed by atoms with van der Waals surface area (Å²) in [5.41, 5.74) is 4.90. The highest BCUT2D eigenvalue weighted by atomic mass is 16.5. The average molecular weight is 284 g/mol. The van der Waals surface area contributed by atoms with Crippen LogP contribution in [0.1, 0.15) is 21.6 Å². The summed E-state index contributed by atoms with van der Waals surface area (Å²) in [6, 6.07) is 10.1. The Morgan fingerprint density at radius 2 is 1.81 bits per heavy atom. The first-order chi connectivity index (χ1) is 10.2. The summed E-state index contributed by atoms with van der Waals surface area (Å²) in [5.74, 6) is 0.103. The van der Waals surface area contributed by atoms with Crippen LogP contribution in [-0.2, 0) is 4.74 Å². The van der Waals surface area contributed by atoms with E-state index >= 15 is 0 Å². The Morgan fingerprint density at radius 3 is 2.48 bits per heavy atom. The number of hydrogen-bond acceptors (Lipinski definition) is 2. The summed E-state index contributed by atoms with van der Waals surface area (Å²) in [5, 5.41) is 0. The van der Waals surface area contributed by atoms with E-state index in [0.717, 1.165) is 28.1 Å². The number of aromatic nitrogens is 1. The SMILES string of the molecule is Cc1[nH]c(-c2ccccc2)c(C)c1C(=O)N1CCOCC1. The van der Waals surface area contributed by atoms with E-state index in [1.165, 1.54) is 0 Å². The number of morpholine rings is 1. The van der Waals surface area contributed by atoms with Gasteiger partial charge >= 0.3 is 0 Å². The molecule has 1 aromatic carbocycles. The van der Waals surface area contributed by atoms with Crippen LogP contribution in [0.25, 0.3) is 11.3 Å². The Labute approximate surface area is 124 Å². The van der Waals surface area contributed by atoms with Gasteiger partial charge in [-0.2, -0.15) is 0 Å². The zero-order chi connectivity index (χ0) is 14.8. The molecule has 1 amide bonds. The van der Waals surface area contributed by atoms with Crippen molar-refractivity contribution in [3.63, 3.8) is 0 Å². The molecule has 1 fully saturated rings. The minimum Gasteiger partial charge on any atom is -0.378 e. The number of amides is 1. The molecule has 1 N–H and O–H groups in total. The van der Waals surface area contributed by atoms with Crippen molar-refractivity contribution in [1.82, 2.24) is 9.88 Å². The van der Waals surface area contributed by atoms with Crippen LogP contribution in [0.2, 0.25) is 0 Å². The average Bonchev–Trinajstić information content (AvgIpc) is 2.83. The number of hydrogen-bond donors (Lipinski definition) is 1. The van der Waals surface area contributed by atoms with Crippen molar-refractivity contribution >= 4 is 5.91 Å². The third kappa shape index (κ3) is 2.59. The maximum atomic E-state index is 12.7. The second kappa shape index (κ2) is 5.74. The number of aromatic amines is 1. The lowest BCUT2D eigenvalue weighted by molar-refractivity contribution is 0.0302. The van der Waals surface area contributed by atoms with Crippen molar-refractivity contribution < 1.29 is 9.53 Å². The molecule has 1 aliphatic rings. The molecule has 1 aromatic heterocycles. The molecule has 2 aromatic rings. The van der Waals surface area contributed by atoms with Crippen molar-refractivity contribution in [2.45, 2.75) is 13.8 Å². The monoisotopic (exact) mass is 284 g/mol.